The highest BCUT2D eigenvalue weighted by atomic mass is 16.5. The number of nitrogens with one attached hydrogen (secondary N) is 2. The van der Waals surface area contributed by atoms with Gasteiger partial charge >= 0.3 is 0 Å². The average Bonchev–Trinajstić information content (AvgIpc) is 3.62. The highest BCUT2D eigenvalue weighted by molar-refractivity contribution is 6.03. The lowest BCUT2D eigenvalue weighted by atomic mass is 10.0. The molecule has 6 aromatic rings. The van der Waals surface area contributed by atoms with Gasteiger partial charge in [0.1, 0.15) is 28.7 Å². The second kappa shape index (κ2) is 15.4. The van der Waals surface area contributed by atoms with Crippen molar-refractivity contribution in [2.75, 3.05) is 39.8 Å². The number of carbonyl (C=O) groups excluding carboxylic acids is 3. The van der Waals surface area contributed by atoms with Crippen LogP contribution in [-0.4, -0.2) is 77.4 Å². The first-order valence-corrected chi connectivity index (χ1v) is 16.4. The molecule has 2 aromatic carbocycles. The first kappa shape index (κ1) is 35.1. The number of rotatable bonds is 13. The van der Waals surface area contributed by atoms with Crippen molar-refractivity contribution in [1.82, 2.24) is 30.2 Å². The number of nitrogens with two attached hydrogens (primary N) is 1. The van der Waals surface area contributed by atoms with Crippen LogP contribution in [0, 0.1) is 0 Å². The minimum atomic E-state index is -0.650. The zero-order valence-electron chi connectivity index (χ0n) is 29.2. The number of hydrogen-bond acceptors (Lipinski definition) is 9. The van der Waals surface area contributed by atoms with E-state index < -0.39 is 11.8 Å². The van der Waals surface area contributed by atoms with Gasteiger partial charge in [0.05, 0.1) is 32.0 Å². The highest BCUT2D eigenvalue weighted by Gasteiger charge is 2.21. The Hall–Kier alpha value is -6.76. The summed E-state index contributed by atoms with van der Waals surface area (Å²) < 4.78 is 10.8. The van der Waals surface area contributed by atoms with E-state index in [1.165, 1.54) is 4.90 Å². The monoisotopic (exact) mass is 698 g/mol. The Balaban J connectivity index is 1.48. The molecule has 0 fully saturated rings. The van der Waals surface area contributed by atoms with Crippen LogP contribution >= 0.6 is 0 Å². The normalized spacial score (nSPS) is 10.8. The molecule has 13 heteroatoms. The first-order valence-electron chi connectivity index (χ1n) is 16.4. The van der Waals surface area contributed by atoms with E-state index in [0.29, 0.717) is 41.2 Å². The summed E-state index contributed by atoms with van der Waals surface area (Å²) in [6.45, 7) is 0.722. The third-order valence-electron chi connectivity index (χ3n) is 8.43. The lowest BCUT2D eigenvalue weighted by Crippen LogP contribution is -2.33. The molecule has 0 saturated heterocycles. The van der Waals surface area contributed by atoms with Gasteiger partial charge in [-0.2, -0.15) is 0 Å². The number of pyridine rings is 3. The van der Waals surface area contributed by atoms with Gasteiger partial charge in [0.15, 0.2) is 0 Å². The van der Waals surface area contributed by atoms with Gasteiger partial charge in [-0.25, -0.2) is 9.97 Å². The topological polar surface area (TPSA) is 169 Å². The lowest BCUT2D eigenvalue weighted by molar-refractivity contribution is -0.117. The Kier molecular flexibility index (Phi) is 10.4. The molecule has 0 bridgehead atoms. The molecule has 4 N–H and O–H groups in total. The van der Waals surface area contributed by atoms with Crippen LogP contribution in [0.3, 0.4) is 0 Å². The summed E-state index contributed by atoms with van der Waals surface area (Å²) in [6.07, 6.45) is 5.00. The molecule has 6 rings (SSSR count). The smallest absolute Gasteiger partial charge is 0.268 e. The van der Waals surface area contributed by atoms with Gasteiger partial charge in [0.2, 0.25) is 5.91 Å². The molecule has 3 amide bonds. The summed E-state index contributed by atoms with van der Waals surface area (Å²) in [7, 11) is 6.66. The van der Waals surface area contributed by atoms with Gasteiger partial charge in [-0.3, -0.25) is 19.4 Å². The number of amides is 3. The number of primary amides is 1. The Morgan fingerprint density at radius 2 is 1.44 bits per heavy atom. The molecular formula is C39H38N8O5. The van der Waals surface area contributed by atoms with Crippen molar-refractivity contribution in [1.29, 1.82) is 0 Å². The molecule has 0 aliphatic heterocycles. The first-order chi connectivity index (χ1) is 25.1. The number of nitrogens with zero attached hydrogens (tertiary/aromatic N) is 5. The molecule has 0 radical (unpaired) electrons. The molecule has 0 aliphatic rings. The Morgan fingerprint density at radius 1 is 0.788 bits per heavy atom. The average molecular weight is 699 g/mol. The van der Waals surface area contributed by atoms with Crippen LogP contribution in [0.4, 0.5) is 5.82 Å². The van der Waals surface area contributed by atoms with Crippen molar-refractivity contribution in [2.24, 2.45) is 5.73 Å². The number of H-pyrrole nitrogens is 1. The van der Waals surface area contributed by atoms with E-state index in [4.69, 9.17) is 25.2 Å². The zero-order valence-corrected chi connectivity index (χ0v) is 29.2. The number of carbonyl (C=O) groups is 3. The number of fused-ring (bicyclic) bond motifs is 1. The minimum Gasteiger partial charge on any atom is -0.497 e. The zero-order chi connectivity index (χ0) is 36.8. The molecule has 52 heavy (non-hydrogen) atoms. The maximum absolute atomic E-state index is 12.8. The van der Waals surface area contributed by atoms with Gasteiger partial charge in [-0.1, -0.05) is 24.3 Å². The quantitative estimate of drug-likeness (QED) is 0.153. The van der Waals surface area contributed by atoms with Crippen LogP contribution in [0.25, 0.3) is 33.4 Å². The number of anilines is 1. The summed E-state index contributed by atoms with van der Waals surface area (Å²) in [5.74, 6) is 0.887. The number of benzene rings is 2. The highest BCUT2D eigenvalue weighted by Crippen LogP contribution is 2.36. The number of hydrogen-bond donors (Lipinski definition) is 3. The van der Waals surface area contributed by atoms with Gasteiger partial charge in [-0.05, 0) is 71.3 Å². The van der Waals surface area contributed by atoms with Crippen LogP contribution in [0.1, 0.15) is 32.0 Å². The molecular weight excluding hydrogens is 660 g/mol. The minimum absolute atomic E-state index is 0.158. The predicted octanol–water partition coefficient (Wildman–Crippen LogP) is 4.83. The van der Waals surface area contributed by atoms with Crippen LogP contribution in [-0.2, 0) is 17.9 Å². The number of aromatic amines is 1. The molecule has 4 heterocycles. The molecule has 264 valence electrons. The van der Waals surface area contributed by atoms with Gasteiger partial charge in [0.25, 0.3) is 11.8 Å². The third kappa shape index (κ3) is 7.83. The molecule has 4 aromatic heterocycles. The second-order valence-electron chi connectivity index (χ2n) is 12.2. The largest absolute Gasteiger partial charge is 0.497 e. The van der Waals surface area contributed by atoms with Crippen molar-refractivity contribution in [3.8, 4) is 33.9 Å². The molecule has 0 aliphatic carbocycles. The van der Waals surface area contributed by atoms with E-state index in [-0.39, 0.29) is 18.1 Å². The van der Waals surface area contributed by atoms with Crippen molar-refractivity contribution in [2.45, 2.75) is 13.1 Å². The van der Waals surface area contributed by atoms with Gasteiger partial charge < -0.3 is 35.3 Å². The van der Waals surface area contributed by atoms with E-state index in [2.05, 4.69) is 20.2 Å². The summed E-state index contributed by atoms with van der Waals surface area (Å²) >= 11 is 0. The fraction of sp³-hybridized carbons (Fsp3) is 0.179. The predicted molar refractivity (Wildman–Crippen MR) is 198 cm³/mol. The van der Waals surface area contributed by atoms with Crippen molar-refractivity contribution in [3.63, 3.8) is 0 Å². The Bertz CT molecular complexity index is 2170. The Morgan fingerprint density at radius 3 is 2.00 bits per heavy atom. The van der Waals surface area contributed by atoms with Gasteiger partial charge in [0, 0.05) is 62.3 Å². The second-order valence-corrected chi connectivity index (χ2v) is 12.2. The van der Waals surface area contributed by atoms with E-state index in [1.54, 1.807) is 59.0 Å². The standard InChI is InChI=1S/C39H38N8O5/c1-46(2)39(50)26-9-14-33(42-19-26)32-17-27(30-15-16-41-36-31(30)18-34(45-36)38(49)44-21-35(40)48)20-43-37(32)47(22-24-5-10-28(51-3)11-6-24)23-25-7-12-29(52-4)13-8-25/h5-20H,21-23H2,1-4H3,(H2,40,48)(H,41,45)(H,44,49). The lowest BCUT2D eigenvalue weighted by Gasteiger charge is -2.27. The van der Waals surface area contributed by atoms with Crippen LogP contribution in [0.5, 0.6) is 11.5 Å². The summed E-state index contributed by atoms with van der Waals surface area (Å²) in [4.78, 5) is 57.7. The van der Waals surface area contributed by atoms with Crippen molar-refractivity contribution < 1.29 is 23.9 Å². The summed E-state index contributed by atoms with van der Waals surface area (Å²) in [6, 6.07) is 24.9. The molecule has 0 saturated carbocycles. The van der Waals surface area contributed by atoms with E-state index in [9.17, 15) is 14.4 Å². The number of aromatic nitrogens is 4. The van der Waals surface area contributed by atoms with E-state index in [0.717, 1.165) is 39.3 Å². The molecule has 0 spiro atoms. The maximum Gasteiger partial charge on any atom is 0.268 e. The van der Waals surface area contributed by atoms with Crippen molar-refractivity contribution in [3.05, 3.63) is 120 Å². The number of ether oxygens (including phenoxy) is 2. The molecule has 0 unspecified atom stereocenters. The van der Waals surface area contributed by atoms with Crippen molar-refractivity contribution >= 4 is 34.6 Å². The fourth-order valence-electron chi connectivity index (χ4n) is 5.76. The van der Waals surface area contributed by atoms with Crippen LogP contribution < -0.4 is 25.4 Å². The Labute approximate surface area is 300 Å². The summed E-state index contributed by atoms with van der Waals surface area (Å²) in [5.41, 5.74) is 11.3. The number of methoxy groups -OCH3 is 2. The van der Waals surface area contributed by atoms with Crippen LogP contribution in [0.2, 0.25) is 0 Å². The molecule has 0 atom stereocenters. The SMILES string of the molecule is COc1ccc(CN(Cc2ccc(OC)cc2)c2ncc(-c3ccnc4[nH]c(C(=O)NCC(N)=O)cc34)cc2-c2ccc(C(=O)N(C)C)cn2)cc1. The fourth-order valence-corrected chi connectivity index (χ4v) is 5.76. The van der Waals surface area contributed by atoms with E-state index in [1.807, 2.05) is 66.7 Å². The van der Waals surface area contributed by atoms with E-state index >= 15 is 0 Å². The van der Waals surface area contributed by atoms with Crippen LogP contribution in [0.15, 0.2) is 97.5 Å². The maximum atomic E-state index is 12.8. The third-order valence-corrected chi connectivity index (χ3v) is 8.43. The van der Waals surface area contributed by atoms with Gasteiger partial charge in [-0.15, -0.1) is 0 Å². The summed E-state index contributed by atoms with van der Waals surface area (Å²) in [5, 5.41) is 3.18. The molecule has 13 nitrogen and oxygen atoms in total.